The highest BCUT2D eigenvalue weighted by Gasteiger charge is 2.35. The van der Waals surface area contributed by atoms with Crippen LogP contribution in [0.5, 0.6) is 5.75 Å². The van der Waals surface area contributed by atoms with Gasteiger partial charge in [0.15, 0.2) is 11.5 Å². The Bertz CT molecular complexity index is 1100. The van der Waals surface area contributed by atoms with E-state index in [9.17, 15) is 18.4 Å². The molecule has 3 aromatic rings. The van der Waals surface area contributed by atoms with E-state index in [-0.39, 0.29) is 17.5 Å². The molecular formula is C20H16F3N3O3. The number of hydrogen-bond donors (Lipinski definition) is 0. The second-order valence-electron chi connectivity index (χ2n) is 6.97. The minimum Gasteiger partial charge on any atom is -0.406 e. The van der Waals surface area contributed by atoms with Crippen molar-refractivity contribution < 1.29 is 27.4 Å². The molecule has 0 aliphatic carbocycles. The molecular weight excluding hydrogens is 387 g/mol. The summed E-state index contributed by atoms with van der Waals surface area (Å²) in [5.41, 5.74) is 2.09. The third-order valence-electron chi connectivity index (χ3n) is 4.52. The molecule has 2 heterocycles. The van der Waals surface area contributed by atoms with Crippen molar-refractivity contribution in [3.63, 3.8) is 0 Å². The Morgan fingerprint density at radius 1 is 1.21 bits per heavy atom. The van der Waals surface area contributed by atoms with Crippen LogP contribution in [0.4, 0.5) is 13.2 Å². The highest BCUT2D eigenvalue weighted by atomic mass is 19.4. The first-order valence-electron chi connectivity index (χ1n) is 8.76. The van der Waals surface area contributed by atoms with E-state index in [4.69, 9.17) is 9.47 Å². The summed E-state index contributed by atoms with van der Waals surface area (Å²) in [7, 11) is 0. The summed E-state index contributed by atoms with van der Waals surface area (Å²) in [5, 5.41) is 14.6. The summed E-state index contributed by atoms with van der Waals surface area (Å²) in [6.45, 7) is 3.96. The number of halogens is 3. The van der Waals surface area contributed by atoms with Gasteiger partial charge in [0.2, 0.25) is 0 Å². The van der Waals surface area contributed by atoms with E-state index >= 15 is 0 Å². The second kappa shape index (κ2) is 6.76. The maximum Gasteiger partial charge on any atom is 0.573 e. The maximum atomic E-state index is 12.4. The van der Waals surface area contributed by atoms with Crippen molar-refractivity contribution in [1.29, 1.82) is 5.26 Å². The summed E-state index contributed by atoms with van der Waals surface area (Å²) >= 11 is 0. The lowest BCUT2D eigenvalue weighted by Crippen LogP contribution is -2.19. The van der Waals surface area contributed by atoms with Crippen LogP contribution in [0.2, 0.25) is 0 Å². The first kappa shape index (κ1) is 19.2. The summed E-state index contributed by atoms with van der Waals surface area (Å²) in [6.07, 6.45) is -5.12. The lowest BCUT2D eigenvalue weighted by Gasteiger charge is -2.17. The van der Waals surface area contributed by atoms with Crippen molar-refractivity contribution in [1.82, 2.24) is 9.78 Å². The third-order valence-corrected chi connectivity index (χ3v) is 4.52. The van der Waals surface area contributed by atoms with Crippen LogP contribution in [-0.4, -0.2) is 28.5 Å². The molecule has 1 unspecified atom stereocenters. The molecule has 0 radical (unpaired) electrons. The van der Waals surface area contributed by atoms with Crippen LogP contribution < -0.4 is 4.74 Å². The fraction of sp³-hybridized carbons (Fsp3) is 0.300. The molecule has 1 aliphatic heterocycles. The van der Waals surface area contributed by atoms with Crippen LogP contribution >= 0.6 is 0 Å². The third kappa shape index (κ3) is 3.77. The molecule has 0 N–H and O–H groups in total. The molecule has 1 aromatic heterocycles. The predicted molar refractivity (Wildman–Crippen MR) is 96.3 cm³/mol. The number of benzene rings is 2. The molecule has 1 fully saturated rings. The molecule has 4 rings (SSSR count). The average molecular weight is 403 g/mol. The first-order chi connectivity index (χ1) is 13.7. The molecule has 29 heavy (non-hydrogen) atoms. The van der Waals surface area contributed by atoms with Crippen LogP contribution in [-0.2, 0) is 9.47 Å². The number of alkyl halides is 3. The topological polar surface area (TPSA) is 69.3 Å². The Morgan fingerprint density at radius 3 is 2.52 bits per heavy atom. The normalized spacial score (nSPS) is 18.7. The van der Waals surface area contributed by atoms with Gasteiger partial charge in [-0.3, -0.25) is 0 Å². The largest absolute Gasteiger partial charge is 0.573 e. The van der Waals surface area contributed by atoms with Crippen LogP contribution in [0.25, 0.3) is 16.6 Å². The van der Waals surface area contributed by atoms with Gasteiger partial charge in [-0.2, -0.15) is 10.4 Å². The summed E-state index contributed by atoms with van der Waals surface area (Å²) in [5.74, 6) is -1.07. The van der Waals surface area contributed by atoms with E-state index < -0.39 is 12.1 Å². The van der Waals surface area contributed by atoms with Crippen molar-refractivity contribution in [3.05, 3.63) is 53.7 Å². The van der Waals surface area contributed by atoms with E-state index in [1.54, 1.807) is 6.07 Å². The van der Waals surface area contributed by atoms with Crippen molar-refractivity contribution in [2.75, 3.05) is 6.61 Å². The zero-order valence-electron chi connectivity index (χ0n) is 15.5. The Hall–Kier alpha value is -3.09. The number of nitrogens with zero attached hydrogens (tertiary/aromatic N) is 3. The van der Waals surface area contributed by atoms with E-state index in [0.717, 1.165) is 5.56 Å². The van der Waals surface area contributed by atoms with Gasteiger partial charge in [-0.05, 0) is 49.7 Å². The predicted octanol–water partition coefficient (Wildman–Crippen LogP) is 4.62. The first-order valence-corrected chi connectivity index (χ1v) is 8.76. The van der Waals surface area contributed by atoms with Crippen molar-refractivity contribution in [2.24, 2.45) is 0 Å². The molecule has 0 saturated carbocycles. The summed E-state index contributed by atoms with van der Waals surface area (Å²) < 4.78 is 54.1. The number of hydrogen-bond acceptors (Lipinski definition) is 5. The lowest BCUT2D eigenvalue weighted by molar-refractivity contribution is -0.274. The van der Waals surface area contributed by atoms with Gasteiger partial charge in [-0.25, -0.2) is 4.68 Å². The van der Waals surface area contributed by atoms with Gasteiger partial charge in [0, 0.05) is 5.39 Å². The Kier molecular flexibility index (Phi) is 4.48. The summed E-state index contributed by atoms with van der Waals surface area (Å²) in [6, 6.07) is 12.8. The fourth-order valence-corrected chi connectivity index (χ4v) is 3.37. The zero-order chi connectivity index (χ0) is 20.8. The van der Waals surface area contributed by atoms with E-state index in [1.165, 1.54) is 28.9 Å². The average Bonchev–Trinajstić information content (AvgIpc) is 3.21. The minimum absolute atomic E-state index is 0.194. The molecule has 0 bridgehead atoms. The van der Waals surface area contributed by atoms with Gasteiger partial charge in [0.1, 0.15) is 17.9 Å². The van der Waals surface area contributed by atoms with Crippen molar-refractivity contribution >= 4 is 10.9 Å². The zero-order valence-corrected chi connectivity index (χ0v) is 15.5. The van der Waals surface area contributed by atoms with E-state index in [2.05, 4.69) is 15.9 Å². The van der Waals surface area contributed by atoms with Gasteiger partial charge in [-0.15, -0.1) is 13.2 Å². The van der Waals surface area contributed by atoms with Gasteiger partial charge >= 0.3 is 6.36 Å². The molecule has 0 spiro atoms. The van der Waals surface area contributed by atoms with Crippen LogP contribution in [0.15, 0.2) is 42.5 Å². The molecule has 1 saturated heterocycles. The molecule has 2 aromatic carbocycles. The minimum atomic E-state index is -4.76. The number of rotatable bonds is 3. The van der Waals surface area contributed by atoms with E-state index in [1.807, 2.05) is 26.0 Å². The highest BCUT2D eigenvalue weighted by Crippen LogP contribution is 2.37. The summed E-state index contributed by atoms with van der Waals surface area (Å²) in [4.78, 5) is 0. The van der Waals surface area contributed by atoms with Crippen molar-refractivity contribution in [3.8, 4) is 17.5 Å². The Balaban J connectivity index is 1.77. The SMILES string of the molecule is CC1(C)OCC(c2cccc3c2c(C#N)nn3-c2ccc(OC(F)(F)F)cc2)O1. The number of ether oxygens (including phenoxy) is 3. The van der Waals surface area contributed by atoms with Crippen LogP contribution in [0.3, 0.4) is 0 Å². The molecule has 1 atom stereocenters. The monoisotopic (exact) mass is 403 g/mol. The number of nitriles is 1. The quantitative estimate of drug-likeness (QED) is 0.638. The fourth-order valence-electron chi connectivity index (χ4n) is 3.37. The molecule has 6 nitrogen and oxygen atoms in total. The van der Waals surface area contributed by atoms with Gasteiger partial charge in [0.25, 0.3) is 0 Å². The maximum absolute atomic E-state index is 12.4. The second-order valence-corrected chi connectivity index (χ2v) is 6.97. The van der Waals surface area contributed by atoms with E-state index in [0.29, 0.717) is 23.2 Å². The van der Waals surface area contributed by atoms with Crippen molar-refractivity contribution in [2.45, 2.75) is 32.1 Å². The van der Waals surface area contributed by atoms with Crippen LogP contribution in [0, 0.1) is 11.3 Å². The lowest BCUT2D eigenvalue weighted by atomic mass is 10.0. The van der Waals surface area contributed by atoms with Crippen LogP contribution in [0.1, 0.15) is 31.2 Å². The number of aromatic nitrogens is 2. The standard InChI is InChI=1S/C20H16F3N3O3/c1-19(2)27-11-17(29-19)14-4-3-5-16-18(14)15(10-24)25-26(16)12-6-8-13(9-7-12)28-20(21,22)23/h3-9,17H,11H2,1-2H3. The molecule has 1 aliphatic rings. The van der Waals surface area contributed by atoms with Gasteiger partial charge < -0.3 is 14.2 Å². The molecule has 9 heteroatoms. The highest BCUT2D eigenvalue weighted by molar-refractivity contribution is 5.89. The Morgan fingerprint density at radius 2 is 1.93 bits per heavy atom. The molecule has 150 valence electrons. The number of fused-ring (bicyclic) bond motifs is 1. The smallest absolute Gasteiger partial charge is 0.406 e. The molecule has 0 amide bonds. The Labute approximate surface area is 164 Å². The van der Waals surface area contributed by atoms with Gasteiger partial charge in [-0.1, -0.05) is 12.1 Å². The van der Waals surface area contributed by atoms with Gasteiger partial charge in [0.05, 0.1) is 17.8 Å².